The Labute approximate surface area is 203 Å². The molecule has 0 aromatic heterocycles. The molecule has 4 heteroatoms. The summed E-state index contributed by atoms with van der Waals surface area (Å²) in [6.07, 6.45) is 9.09. The second kappa shape index (κ2) is 11.9. The average molecular weight is 473 g/mol. The van der Waals surface area contributed by atoms with Crippen LogP contribution in [0.3, 0.4) is 0 Å². The fourth-order valence-electron chi connectivity index (χ4n) is 4.57. The summed E-state index contributed by atoms with van der Waals surface area (Å²) in [5.41, 5.74) is 1.26. The molecule has 1 heterocycles. The average Bonchev–Trinajstić information content (AvgIpc) is 3.69. The maximum Gasteiger partial charge on any atom is 0.226 e. The number of amides is 1. The van der Waals surface area contributed by atoms with Crippen molar-refractivity contribution in [2.45, 2.75) is 64.5 Å². The molecule has 3 aliphatic rings. The minimum absolute atomic E-state index is 0.184. The highest BCUT2D eigenvalue weighted by Crippen LogP contribution is 2.51. The molecular formula is C28H35Cl2NO. The first-order chi connectivity index (χ1) is 15.5. The van der Waals surface area contributed by atoms with E-state index < -0.39 is 0 Å². The largest absolute Gasteiger partial charge is 0.332 e. The van der Waals surface area contributed by atoms with Gasteiger partial charge >= 0.3 is 0 Å². The molecule has 1 unspecified atom stereocenters. The van der Waals surface area contributed by atoms with Gasteiger partial charge in [-0.15, -0.1) is 6.58 Å². The summed E-state index contributed by atoms with van der Waals surface area (Å²) in [5.74, 6) is 2.09. The number of likely N-dealkylation sites (tertiary alicyclic amines) is 1. The molecule has 1 amide bonds. The molecule has 2 saturated carbocycles. The van der Waals surface area contributed by atoms with Gasteiger partial charge in [-0.25, -0.2) is 0 Å². The van der Waals surface area contributed by atoms with E-state index >= 15 is 0 Å². The number of hydrogen-bond donors (Lipinski definition) is 0. The van der Waals surface area contributed by atoms with Gasteiger partial charge in [0.05, 0.1) is 6.04 Å². The van der Waals surface area contributed by atoms with Crippen molar-refractivity contribution in [1.29, 1.82) is 0 Å². The van der Waals surface area contributed by atoms with E-state index in [9.17, 15) is 4.79 Å². The number of halogens is 2. The number of hydrogen-bond acceptors (Lipinski definition) is 1. The zero-order valence-corrected chi connectivity index (χ0v) is 20.7. The van der Waals surface area contributed by atoms with Crippen molar-refractivity contribution in [1.82, 2.24) is 4.90 Å². The van der Waals surface area contributed by atoms with Crippen LogP contribution < -0.4 is 0 Å². The minimum atomic E-state index is 0.184. The summed E-state index contributed by atoms with van der Waals surface area (Å²) in [6, 6.07) is 18.3. The second-order valence-corrected chi connectivity index (χ2v) is 10.0. The number of rotatable bonds is 4. The first-order valence-electron chi connectivity index (χ1n) is 11.8. The van der Waals surface area contributed by atoms with Crippen molar-refractivity contribution < 1.29 is 4.79 Å². The predicted octanol–water partition coefficient (Wildman–Crippen LogP) is 8.36. The first kappa shape index (κ1) is 24.9. The van der Waals surface area contributed by atoms with Gasteiger partial charge < -0.3 is 4.90 Å². The minimum Gasteiger partial charge on any atom is -0.332 e. The molecule has 0 N–H and O–H groups in total. The lowest BCUT2D eigenvalue weighted by atomic mass is 9.86. The molecule has 1 saturated heterocycles. The van der Waals surface area contributed by atoms with E-state index in [4.69, 9.17) is 23.2 Å². The highest BCUT2D eigenvalue weighted by Gasteiger charge is 2.50. The first-order valence-corrected chi connectivity index (χ1v) is 12.6. The van der Waals surface area contributed by atoms with Gasteiger partial charge in [0.25, 0.3) is 0 Å². The molecule has 2 aromatic carbocycles. The van der Waals surface area contributed by atoms with Gasteiger partial charge in [-0.1, -0.05) is 66.5 Å². The van der Waals surface area contributed by atoms with Crippen molar-refractivity contribution in [2.24, 2.45) is 17.8 Å². The molecule has 2 nitrogen and oxygen atoms in total. The van der Waals surface area contributed by atoms with Crippen molar-refractivity contribution in [2.75, 3.05) is 0 Å². The van der Waals surface area contributed by atoms with E-state index in [1.165, 1.54) is 31.2 Å². The number of carbonyl (C=O) groups is 1. The summed E-state index contributed by atoms with van der Waals surface area (Å²) in [7, 11) is 0. The lowest BCUT2D eigenvalue weighted by molar-refractivity contribution is -0.146. The van der Waals surface area contributed by atoms with Crippen LogP contribution in [0.5, 0.6) is 0 Å². The third kappa shape index (κ3) is 6.86. The Kier molecular flexibility index (Phi) is 9.25. The highest BCUT2D eigenvalue weighted by atomic mass is 35.5. The molecule has 2 aromatic rings. The molecule has 2 atom stereocenters. The van der Waals surface area contributed by atoms with E-state index in [2.05, 4.69) is 30.5 Å². The van der Waals surface area contributed by atoms with Crippen LogP contribution in [0.2, 0.25) is 10.0 Å². The Balaban J connectivity index is 0.000000242. The van der Waals surface area contributed by atoms with E-state index in [-0.39, 0.29) is 12.0 Å². The van der Waals surface area contributed by atoms with Crippen LogP contribution in [0.4, 0.5) is 0 Å². The zero-order valence-electron chi connectivity index (χ0n) is 19.2. The Morgan fingerprint density at radius 2 is 1.38 bits per heavy atom. The Hall–Kier alpha value is -1.77. The lowest BCUT2D eigenvalue weighted by Crippen LogP contribution is -2.50. The highest BCUT2D eigenvalue weighted by molar-refractivity contribution is 6.30. The SMILES string of the molecule is C=CC.CC1CC[C@@H](c2ccc(Cl)cc2)N(C(C2CC2)C2CC2)C1=O.Clc1ccccc1. The maximum atomic E-state index is 13.0. The molecule has 172 valence electrons. The normalized spacial score (nSPS) is 22.4. The van der Waals surface area contributed by atoms with Gasteiger partial charge in [0.2, 0.25) is 5.91 Å². The van der Waals surface area contributed by atoms with Gasteiger partial charge in [0, 0.05) is 22.0 Å². The van der Waals surface area contributed by atoms with Crippen molar-refractivity contribution in [3.8, 4) is 0 Å². The zero-order chi connectivity index (χ0) is 23.1. The van der Waals surface area contributed by atoms with E-state index in [1.54, 1.807) is 6.08 Å². The van der Waals surface area contributed by atoms with Crippen LogP contribution in [0.25, 0.3) is 0 Å². The maximum absolute atomic E-state index is 13.0. The number of allylic oxidation sites excluding steroid dienone is 1. The molecular weight excluding hydrogens is 437 g/mol. The predicted molar refractivity (Wildman–Crippen MR) is 136 cm³/mol. The van der Waals surface area contributed by atoms with Crippen molar-refractivity contribution in [3.63, 3.8) is 0 Å². The van der Waals surface area contributed by atoms with Crippen molar-refractivity contribution >= 4 is 29.1 Å². The van der Waals surface area contributed by atoms with Gasteiger partial charge in [0.15, 0.2) is 0 Å². The summed E-state index contributed by atoms with van der Waals surface area (Å²) in [5, 5.41) is 1.56. The van der Waals surface area contributed by atoms with Crippen LogP contribution in [-0.2, 0) is 4.79 Å². The van der Waals surface area contributed by atoms with E-state index in [1.807, 2.05) is 49.4 Å². The van der Waals surface area contributed by atoms with Crippen LogP contribution in [0, 0.1) is 17.8 Å². The molecule has 1 aliphatic heterocycles. The van der Waals surface area contributed by atoms with Gasteiger partial charge in [-0.05, 0) is 87.1 Å². The Morgan fingerprint density at radius 1 is 0.875 bits per heavy atom. The van der Waals surface area contributed by atoms with Crippen LogP contribution >= 0.6 is 23.2 Å². The summed E-state index contributed by atoms with van der Waals surface area (Å²) in [4.78, 5) is 15.3. The number of piperidine rings is 1. The molecule has 0 radical (unpaired) electrons. The lowest BCUT2D eigenvalue weighted by Gasteiger charge is -2.44. The second-order valence-electron chi connectivity index (χ2n) is 9.16. The van der Waals surface area contributed by atoms with Gasteiger partial charge in [0.1, 0.15) is 0 Å². The summed E-state index contributed by atoms with van der Waals surface area (Å²) in [6.45, 7) is 7.35. The van der Waals surface area contributed by atoms with Gasteiger partial charge in [-0.2, -0.15) is 0 Å². The fraction of sp³-hybridized carbons (Fsp3) is 0.464. The molecule has 0 spiro atoms. The van der Waals surface area contributed by atoms with Crippen LogP contribution in [0.1, 0.15) is 64.0 Å². The standard InChI is InChI=1S/C19H24ClNO.C6H5Cl.C3H6/c1-12-2-11-17(13-7-9-16(20)10-8-13)21(19(12)22)18(14-3-4-14)15-5-6-15;7-6-4-2-1-3-5-6;1-3-2/h7-10,12,14-15,17-18H,2-6,11H2,1H3;1-5H;3H,1H2,2H3/t12?,17-;;/m0../s1. The van der Waals surface area contributed by atoms with Crippen LogP contribution in [-0.4, -0.2) is 16.8 Å². The Bertz CT molecular complexity index is 847. The van der Waals surface area contributed by atoms with E-state index in [0.717, 1.165) is 34.7 Å². The molecule has 5 rings (SSSR count). The molecule has 32 heavy (non-hydrogen) atoms. The number of nitrogens with zero attached hydrogens (tertiary/aromatic N) is 1. The molecule has 3 fully saturated rings. The van der Waals surface area contributed by atoms with Crippen molar-refractivity contribution in [3.05, 3.63) is 82.9 Å². The number of carbonyl (C=O) groups excluding carboxylic acids is 1. The quantitative estimate of drug-likeness (QED) is 0.410. The fourth-order valence-corrected chi connectivity index (χ4v) is 4.85. The third-order valence-corrected chi connectivity index (χ3v) is 6.91. The number of benzene rings is 2. The topological polar surface area (TPSA) is 20.3 Å². The molecule has 0 bridgehead atoms. The summed E-state index contributed by atoms with van der Waals surface area (Å²) >= 11 is 11.6. The molecule has 2 aliphatic carbocycles. The smallest absolute Gasteiger partial charge is 0.226 e. The van der Waals surface area contributed by atoms with Crippen LogP contribution in [0.15, 0.2) is 67.3 Å². The third-order valence-electron chi connectivity index (χ3n) is 6.40. The summed E-state index contributed by atoms with van der Waals surface area (Å²) < 4.78 is 0. The Morgan fingerprint density at radius 3 is 1.81 bits per heavy atom. The van der Waals surface area contributed by atoms with E-state index in [0.29, 0.717) is 11.9 Å². The van der Waals surface area contributed by atoms with Gasteiger partial charge in [-0.3, -0.25) is 4.79 Å². The monoisotopic (exact) mass is 471 g/mol.